The van der Waals surface area contributed by atoms with E-state index in [1.165, 1.54) is 0 Å². The first-order valence-corrected chi connectivity index (χ1v) is 11.1. The number of carbonyl (C=O) groups is 3. The number of carbonyl (C=O) groups excluding carboxylic acids is 2. The summed E-state index contributed by atoms with van der Waals surface area (Å²) in [4.78, 5) is 35.4. The van der Waals surface area contributed by atoms with Crippen LogP contribution in [0, 0.1) is 0 Å². The summed E-state index contributed by atoms with van der Waals surface area (Å²) in [7, 11) is -3.77. The van der Waals surface area contributed by atoms with Gasteiger partial charge in [-0.25, -0.2) is 17.9 Å². The minimum Gasteiger partial charge on any atom is -0.481 e. The number of carboxylic acids is 1. The highest BCUT2D eigenvalue weighted by atomic mass is 32.2. The summed E-state index contributed by atoms with van der Waals surface area (Å²) >= 11 is 0. The summed E-state index contributed by atoms with van der Waals surface area (Å²) in [6.07, 6.45) is -1.42. The van der Waals surface area contributed by atoms with Gasteiger partial charge in [-0.3, -0.25) is 9.59 Å². The molecule has 0 heterocycles. The van der Waals surface area contributed by atoms with E-state index in [0.717, 1.165) is 5.56 Å². The Bertz CT molecular complexity index is 979. The van der Waals surface area contributed by atoms with Gasteiger partial charge in [0.2, 0.25) is 10.0 Å². The Hall–Kier alpha value is -3.24. The normalized spacial score (nSPS) is 12.0. The Morgan fingerprint density at radius 3 is 2.10 bits per heavy atom. The zero-order chi connectivity index (χ0) is 22.7. The molecule has 9 nitrogen and oxygen atoms in total. The van der Waals surface area contributed by atoms with E-state index in [-0.39, 0.29) is 18.8 Å². The number of Topliss-reactive ketones (excluding diaryl/α,β-unsaturated/α-hetero) is 1. The molecule has 0 spiro atoms. The number of sulfonamides is 1. The lowest BCUT2D eigenvalue weighted by Crippen LogP contribution is -2.47. The molecule has 2 aromatic rings. The molecule has 0 bridgehead atoms. The fourth-order valence-electron chi connectivity index (χ4n) is 2.60. The van der Waals surface area contributed by atoms with Crippen LogP contribution in [0.25, 0.3) is 0 Å². The Morgan fingerprint density at radius 2 is 1.52 bits per heavy atom. The topological polar surface area (TPSA) is 139 Å². The highest BCUT2D eigenvalue weighted by molar-refractivity contribution is 7.89. The van der Waals surface area contributed by atoms with E-state index in [9.17, 15) is 22.8 Å². The minimum absolute atomic E-state index is 0.0627. The molecule has 0 saturated carbocycles. The maximum absolute atomic E-state index is 12.3. The van der Waals surface area contributed by atoms with Crippen LogP contribution < -0.4 is 10.0 Å². The number of ether oxygens (including phenoxy) is 1. The van der Waals surface area contributed by atoms with Crippen molar-refractivity contribution in [3.05, 3.63) is 71.8 Å². The number of hydrogen-bond acceptors (Lipinski definition) is 6. The third-order valence-electron chi connectivity index (χ3n) is 4.24. The number of carboxylic acid groups (broad SMARTS) is 1. The summed E-state index contributed by atoms with van der Waals surface area (Å²) in [5.41, 5.74) is 1.54. The van der Waals surface area contributed by atoms with Gasteiger partial charge >= 0.3 is 12.1 Å². The molecule has 0 aliphatic carbocycles. The molecule has 1 atom stereocenters. The maximum Gasteiger partial charge on any atom is 0.408 e. The summed E-state index contributed by atoms with van der Waals surface area (Å²) in [6.45, 7) is -0.708. The molecule has 2 rings (SSSR count). The van der Waals surface area contributed by atoms with Crippen LogP contribution in [0.1, 0.15) is 17.5 Å². The first kappa shape index (κ1) is 24.0. The lowest BCUT2D eigenvalue weighted by molar-refractivity contribution is -0.139. The van der Waals surface area contributed by atoms with Crippen LogP contribution in [-0.2, 0) is 37.4 Å². The van der Waals surface area contributed by atoms with Crippen molar-refractivity contribution >= 4 is 27.9 Å². The quantitative estimate of drug-likeness (QED) is 0.447. The summed E-state index contributed by atoms with van der Waals surface area (Å²) in [6, 6.07) is 16.3. The SMILES string of the molecule is O=C(O)CC(NC(=O)OCc1ccccc1)C(=O)CNS(=O)(=O)CCc1ccccc1. The molecule has 31 heavy (non-hydrogen) atoms. The number of rotatable bonds is 12. The summed E-state index contributed by atoms with van der Waals surface area (Å²) in [5.74, 6) is -2.35. The lowest BCUT2D eigenvalue weighted by Gasteiger charge is -2.16. The number of aliphatic carboxylic acids is 1. The lowest BCUT2D eigenvalue weighted by atomic mass is 10.1. The Labute approximate surface area is 180 Å². The molecule has 0 radical (unpaired) electrons. The van der Waals surface area contributed by atoms with Gasteiger partial charge in [-0.1, -0.05) is 60.7 Å². The smallest absolute Gasteiger partial charge is 0.408 e. The predicted molar refractivity (Wildman–Crippen MR) is 113 cm³/mol. The molecule has 0 aromatic heterocycles. The second kappa shape index (κ2) is 11.8. The number of amides is 1. The minimum atomic E-state index is -3.77. The summed E-state index contributed by atoms with van der Waals surface area (Å²) < 4.78 is 31.4. The molecule has 1 amide bonds. The Kier molecular flexibility index (Phi) is 9.16. The number of benzene rings is 2. The van der Waals surface area contributed by atoms with Crippen molar-refractivity contribution < 1.29 is 32.6 Å². The maximum atomic E-state index is 12.3. The molecular weight excluding hydrogens is 424 g/mol. The van der Waals surface area contributed by atoms with Gasteiger partial charge in [-0.05, 0) is 17.5 Å². The van der Waals surface area contributed by atoms with Crippen molar-refractivity contribution in [2.45, 2.75) is 25.5 Å². The number of aryl methyl sites for hydroxylation is 1. The van der Waals surface area contributed by atoms with Crippen LogP contribution in [0.3, 0.4) is 0 Å². The Morgan fingerprint density at radius 1 is 0.935 bits per heavy atom. The van der Waals surface area contributed by atoms with E-state index in [4.69, 9.17) is 9.84 Å². The van der Waals surface area contributed by atoms with Gasteiger partial charge in [-0.2, -0.15) is 0 Å². The van der Waals surface area contributed by atoms with E-state index >= 15 is 0 Å². The third kappa shape index (κ3) is 9.41. The molecule has 1 unspecified atom stereocenters. The molecule has 0 fully saturated rings. The van der Waals surface area contributed by atoms with E-state index in [1.54, 1.807) is 54.6 Å². The van der Waals surface area contributed by atoms with Gasteiger partial charge < -0.3 is 15.2 Å². The number of hydrogen-bond donors (Lipinski definition) is 3. The van der Waals surface area contributed by atoms with Crippen LogP contribution in [0.5, 0.6) is 0 Å². The average Bonchev–Trinajstić information content (AvgIpc) is 2.75. The monoisotopic (exact) mass is 448 g/mol. The van der Waals surface area contributed by atoms with Crippen molar-refractivity contribution in [3.8, 4) is 0 Å². The van der Waals surface area contributed by atoms with Crippen LogP contribution >= 0.6 is 0 Å². The van der Waals surface area contributed by atoms with Gasteiger partial charge in [-0.15, -0.1) is 0 Å². The largest absolute Gasteiger partial charge is 0.481 e. The van der Waals surface area contributed by atoms with E-state index < -0.39 is 46.9 Å². The van der Waals surface area contributed by atoms with Gasteiger partial charge in [0.15, 0.2) is 5.78 Å². The second-order valence-electron chi connectivity index (χ2n) is 6.70. The molecule has 10 heteroatoms. The number of ketones is 1. The number of nitrogens with one attached hydrogen (secondary N) is 2. The number of alkyl carbamates (subject to hydrolysis) is 1. The van der Waals surface area contributed by atoms with E-state index in [0.29, 0.717) is 5.56 Å². The molecular formula is C21H24N2O7S. The van der Waals surface area contributed by atoms with Crippen LogP contribution in [0.15, 0.2) is 60.7 Å². The van der Waals surface area contributed by atoms with Gasteiger partial charge in [0.1, 0.15) is 12.6 Å². The van der Waals surface area contributed by atoms with Gasteiger partial charge in [0.05, 0.1) is 18.7 Å². The van der Waals surface area contributed by atoms with Crippen LogP contribution in [-0.4, -0.2) is 49.7 Å². The first-order valence-electron chi connectivity index (χ1n) is 9.48. The van der Waals surface area contributed by atoms with Gasteiger partial charge in [0, 0.05) is 0 Å². The summed E-state index contributed by atoms with van der Waals surface area (Å²) in [5, 5.41) is 11.2. The van der Waals surface area contributed by atoms with Crippen molar-refractivity contribution in [1.29, 1.82) is 0 Å². The van der Waals surface area contributed by atoms with Crippen molar-refractivity contribution in [3.63, 3.8) is 0 Å². The molecule has 2 aromatic carbocycles. The standard InChI is InChI=1S/C21H24N2O7S/c24-19(14-22-31(28,29)12-11-16-7-3-1-4-8-16)18(13-20(25)26)23-21(27)30-15-17-9-5-2-6-10-17/h1-10,18,22H,11-15H2,(H,23,27)(H,25,26). The zero-order valence-corrected chi connectivity index (χ0v) is 17.5. The highest BCUT2D eigenvalue weighted by Gasteiger charge is 2.25. The van der Waals surface area contributed by atoms with Crippen molar-refractivity contribution in [2.24, 2.45) is 0 Å². The van der Waals surface area contributed by atoms with Crippen molar-refractivity contribution in [2.75, 3.05) is 12.3 Å². The zero-order valence-electron chi connectivity index (χ0n) is 16.7. The fraction of sp³-hybridized carbons (Fsp3) is 0.286. The first-order chi connectivity index (χ1) is 14.7. The second-order valence-corrected chi connectivity index (χ2v) is 8.62. The molecule has 0 aliphatic heterocycles. The highest BCUT2D eigenvalue weighted by Crippen LogP contribution is 2.03. The van der Waals surface area contributed by atoms with Crippen LogP contribution in [0.2, 0.25) is 0 Å². The fourth-order valence-corrected chi connectivity index (χ4v) is 3.61. The van der Waals surface area contributed by atoms with Crippen LogP contribution in [0.4, 0.5) is 4.79 Å². The van der Waals surface area contributed by atoms with Crippen molar-refractivity contribution in [1.82, 2.24) is 10.0 Å². The molecule has 0 aliphatic rings. The van der Waals surface area contributed by atoms with E-state index in [2.05, 4.69) is 10.0 Å². The Balaban J connectivity index is 1.86. The molecule has 166 valence electrons. The average molecular weight is 448 g/mol. The van der Waals surface area contributed by atoms with E-state index in [1.807, 2.05) is 6.07 Å². The molecule has 0 saturated heterocycles. The molecule has 3 N–H and O–H groups in total. The predicted octanol–water partition coefficient (Wildman–Crippen LogP) is 1.49. The third-order valence-corrected chi connectivity index (χ3v) is 5.57. The van der Waals surface area contributed by atoms with Gasteiger partial charge in [0.25, 0.3) is 0 Å².